The van der Waals surface area contributed by atoms with E-state index < -0.39 is 17.1 Å². The Morgan fingerprint density at radius 2 is 1.70 bits per heavy atom. The van der Waals surface area contributed by atoms with Crippen molar-refractivity contribution < 1.29 is 19.1 Å². The molecule has 6 rings (SSSR count). The zero-order chi connectivity index (χ0) is 28.0. The molecule has 0 saturated carbocycles. The van der Waals surface area contributed by atoms with Crippen molar-refractivity contribution in [3.05, 3.63) is 105 Å². The van der Waals surface area contributed by atoms with Crippen molar-refractivity contribution in [3.8, 4) is 5.75 Å². The van der Waals surface area contributed by atoms with Crippen molar-refractivity contribution in [3.63, 3.8) is 0 Å². The van der Waals surface area contributed by atoms with E-state index in [1.165, 1.54) is 21.2 Å². The summed E-state index contributed by atoms with van der Waals surface area (Å²) in [5.74, 6) is -1.79. The first-order valence-electron chi connectivity index (χ1n) is 12.7. The van der Waals surface area contributed by atoms with Crippen LogP contribution in [0.4, 0.5) is 11.4 Å². The third kappa shape index (κ3) is 4.43. The zero-order valence-corrected chi connectivity index (χ0v) is 23.3. The molecule has 202 valence electrons. The lowest BCUT2D eigenvalue weighted by Gasteiger charge is -2.31. The molecule has 3 atom stereocenters. The molecular weight excluding hydrogens is 546 g/mol. The Labute approximate surface area is 238 Å². The Balaban J connectivity index is 1.44. The molecule has 0 radical (unpaired) electrons. The number of carbonyl (C=O) groups excluding carboxylic acids is 3. The summed E-state index contributed by atoms with van der Waals surface area (Å²) in [6, 6.07) is 23.6. The number of carbonyl (C=O) groups is 3. The maximum Gasteiger partial charge on any atom is 0.308 e. The molecule has 2 aliphatic rings. The number of aromatic nitrogens is 1. The lowest BCUT2D eigenvalue weighted by Crippen LogP contribution is -2.33. The fourth-order valence-corrected chi connectivity index (χ4v) is 8.18. The van der Waals surface area contributed by atoms with Crippen molar-refractivity contribution in [2.45, 2.75) is 29.7 Å². The van der Waals surface area contributed by atoms with Gasteiger partial charge in [0, 0.05) is 22.0 Å². The van der Waals surface area contributed by atoms with Gasteiger partial charge < -0.3 is 10.1 Å². The number of thiazole rings is 1. The van der Waals surface area contributed by atoms with Crippen LogP contribution in [0.5, 0.6) is 5.75 Å². The van der Waals surface area contributed by atoms with Crippen LogP contribution in [0.2, 0.25) is 0 Å². The van der Waals surface area contributed by atoms with Crippen LogP contribution in [0.1, 0.15) is 21.9 Å². The van der Waals surface area contributed by atoms with Crippen LogP contribution in [0, 0.1) is 12.8 Å². The number of anilines is 2. The van der Waals surface area contributed by atoms with E-state index >= 15 is 0 Å². The van der Waals surface area contributed by atoms with Gasteiger partial charge in [0.25, 0.3) is 0 Å². The quantitative estimate of drug-likeness (QED) is 0.338. The summed E-state index contributed by atoms with van der Waals surface area (Å²) >= 11 is 2.20. The summed E-state index contributed by atoms with van der Waals surface area (Å²) in [7, 11) is 1.55. The van der Waals surface area contributed by atoms with E-state index in [0.29, 0.717) is 27.0 Å². The summed E-state index contributed by atoms with van der Waals surface area (Å²) in [4.78, 5) is 55.7. The highest BCUT2D eigenvalue weighted by molar-refractivity contribution is 8.00. The zero-order valence-electron chi connectivity index (χ0n) is 21.7. The van der Waals surface area contributed by atoms with E-state index in [9.17, 15) is 19.2 Å². The Morgan fingerprint density at radius 1 is 0.950 bits per heavy atom. The topological polar surface area (TPSA) is 97.7 Å². The van der Waals surface area contributed by atoms with Gasteiger partial charge in [-0.3, -0.25) is 23.7 Å². The monoisotopic (exact) mass is 571 g/mol. The van der Waals surface area contributed by atoms with Crippen LogP contribution >= 0.6 is 23.1 Å². The van der Waals surface area contributed by atoms with E-state index in [1.54, 1.807) is 43.5 Å². The lowest BCUT2D eigenvalue weighted by atomic mass is 9.82. The second-order valence-electron chi connectivity index (χ2n) is 9.67. The third-order valence-electron chi connectivity index (χ3n) is 7.14. The predicted octanol–water partition coefficient (Wildman–Crippen LogP) is 4.66. The van der Waals surface area contributed by atoms with Crippen LogP contribution in [-0.4, -0.2) is 34.6 Å². The molecule has 3 aromatic carbocycles. The fraction of sp³-hybridized carbons (Fsp3) is 0.200. The average Bonchev–Trinajstić information content (AvgIpc) is 3.39. The average molecular weight is 572 g/mol. The number of thioether (sulfide) groups is 1. The van der Waals surface area contributed by atoms with Crippen LogP contribution in [0.3, 0.4) is 0 Å². The smallest absolute Gasteiger partial charge is 0.308 e. The molecule has 10 heteroatoms. The highest BCUT2D eigenvalue weighted by Gasteiger charge is 2.57. The molecule has 0 spiro atoms. The minimum atomic E-state index is -0.768. The van der Waals surface area contributed by atoms with Crippen LogP contribution in [0.15, 0.2) is 88.7 Å². The molecule has 8 nitrogen and oxygen atoms in total. The summed E-state index contributed by atoms with van der Waals surface area (Å²) in [6.45, 7) is 1.71. The first-order chi connectivity index (χ1) is 19.4. The number of fused-ring (bicyclic) bond motifs is 2. The number of methoxy groups -OCH3 is 1. The van der Waals surface area contributed by atoms with E-state index in [1.807, 2.05) is 49.4 Å². The summed E-state index contributed by atoms with van der Waals surface area (Å²) < 4.78 is 7.07. The van der Waals surface area contributed by atoms with Gasteiger partial charge in [-0.2, -0.15) is 0 Å². The van der Waals surface area contributed by atoms with Gasteiger partial charge in [0.1, 0.15) is 17.5 Å². The second-order valence-corrected chi connectivity index (χ2v) is 11.8. The van der Waals surface area contributed by atoms with Gasteiger partial charge in [-0.25, -0.2) is 4.90 Å². The van der Waals surface area contributed by atoms with Crippen LogP contribution in [-0.2, 0) is 20.9 Å². The largest absolute Gasteiger partial charge is 0.496 e. The molecule has 3 unspecified atom stereocenters. The number of hydrogen-bond acceptors (Lipinski definition) is 7. The van der Waals surface area contributed by atoms with Gasteiger partial charge in [-0.15, -0.1) is 0 Å². The maximum absolute atomic E-state index is 14.0. The molecule has 2 aliphatic heterocycles. The number of aryl methyl sites for hydroxylation is 1. The standard InChI is InChI=1S/C30H25N3O5S2/c1-17-9-8-10-18(15-17)31-22(34)16-32-29-26(40-30(32)37)23(20-13-6-7-14-21(20)38-2)24-25(39-29)28(36)33(27(24)35)19-11-4-3-5-12-19/h3-15,23-25H,16H2,1-2H3,(H,31,34). The molecule has 3 heterocycles. The fourth-order valence-electron chi connectivity index (χ4n) is 5.41. The molecular formula is C30H25N3O5S2. The maximum atomic E-state index is 14.0. The van der Waals surface area contributed by atoms with Crippen molar-refractivity contribution in [2.75, 3.05) is 17.3 Å². The number of nitrogens with zero attached hydrogens (tertiary/aromatic N) is 2. The number of amides is 3. The number of imide groups is 1. The van der Waals surface area contributed by atoms with Gasteiger partial charge in [-0.1, -0.05) is 71.6 Å². The van der Waals surface area contributed by atoms with Crippen LogP contribution < -0.4 is 19.8 Å². The Hall–Kier alpha value is -4.15. The highest BCUT2D eigenvalue weighted by Crippen LogP contribution is 2.55. The van der Waals surface area contributed by atoms with Gasteiger partial charge >= 0.3 is 4.87 Å². The van der Waals surface area contributed by atoms with Gasteiger partial charge in [0.15, 0.2) is 0 Å². The van der Waals surface area contributed by atoms with E-state index in [2.05, 4.69) is 5.32 Å². The molecule has 1 N–H and O–H groups in total. The number of hydrogen-bond donors (Lipinski definition) is 1. The van der Waals surface area contributed by atoms with Gasteiger partial charge in [0.2, 0.25) is 17.7 Å². The first kappa shape index (κ1) is 26.1. The van der Waals surface area contributed by atoms with E-state index in [4.69, 9.17) is 4.74 Å². The molecule has 40 heavy (non-hydrogen) atoms. The number of para-hydroxylation sites is 2. The summed E-state index contributed by atoms with van der Waals surface area (Å²) in [5.41, 5.74) is 2.85. The molecule has 1 aromatic heterocycles. The molecule has 4 aromatic rings. The van der Waals surface area contributed by atoms with E-state index in [0.717, 1.165) is 22.5 Å². The number of ether oxygens (including phenoxy) is 1. The normalized spacial score (nSPS) is 19.8. The van der Waals surface area contributed by atoms with Crippen molar-refractivity contribution in [1.29, 1.82) is 0 Å². The van der Waals surface area contributed by atoms with Crippen molar-refractivity contribution in [1.82, 2.24) is 4.57 Å². The van der Waals surface area contributed by atoms with Crippen LogP contribution in [0.25, 0.3) is 0 Å². The minimum Gasteiger partial charge on any atom is -0.496 e. The second kappa shape index (κ2) is 10.4. The third-order valence-corrected chi connectivity index (χ3v) is 9.74. The number of nitrogens with one attached hydrogen (secondary N) is 1. The molecule has 1 saturated heterocycles. The summed E-state index contributed by atoms with van der Waals surface area (Å²) in [5, 5.41) is 2.62. The number of benzene rings is 3. The Kier molecular flexibility index (Phi) is 6.81. The molecule has 0 aliphatic carbocycles. The molecule has 0 bridgehead atoms. The van der Waals surface area contributed by atoms with E-state index in [-0.39, 0.29) is 29.1 Å². The molecule has 3 amide bonds. The van der Waals surface area contributed by atoms with Crippen molar-refractivity contribution in [2.24, 2.45) is 5.92 Å². The summed E-state index contributed by atoms with van der Waals surface area (Å²) in [6.07, 6.45) is 0. The number of rotatable bonds is 6. The van der Waals surface area contributed by atoms with Gasteiger partial charge in [0.05, 0.1) is 23.7 Å². The van der Waals surface area contributed by atoms with Gasteiger partial charge in [-0.05, 0) is 42.8 Å². The first-order valence-corrected chi connectivity index (χ1v) is 14.4. The molecule has 1 fully saturated rings. The lowest BCUT2D eigenvalue weighted by molar-refractivity contribution is -0.122. The highest BCUT2D eigenvalue weighted by atomic mass is 32.2. The minimum absolute atomic E-state index is 0.216. The Morgan fingerprint density at radius 3 is 2.45 bits per heavy atom. The predicted molar refractivity (Wildman–Crippen MR) is 155 cm³/mol. The Bertz CT molecular complexity index is 1700. The van der Waals surface area contributed by atoms with Crippen molar-refractivity contribution >= 4 is 52.2 Å². The SMILES string of the molecule is COc1ccccc1C1c2sc(=O)n(CC(=O)Nc3cccc(C)c3)c2SC2C(=O)N(c3ccccc3)C(=O)C21.